The Labute approximate surface area is 152 Å². The zero-order chi connectivity index (χ0) is 17.9. The van der Waals surface area contributed by atoms with Gasteiger partial charge in [0.05, 0.1) is 11.8 Å². The predicted molar refractivity (Wildman–Crippen MR) is 94.9 cm³/mol. The van der Waals surface area contributed by atoms with Gasteiger partial charge < -0.3 is 19.3 Å². The zero-order valence-electron chi connectivity index (χ0n) is 13.9. The van der Waals surface area contributed by atoms with Crippen LogP contribution in [0.5, 0.6) is 22.3 Å². The molecule has 0 spiro atoms. The summed E-state index contributed by atoms with van der Waals surface area (Å²) in [6.45, 7) is 0.204. The number of allylic oxidation sites excluding steroid dienone is 1. The van der Waals surface area contributed by atoms with Crippen molar-refractivity contribution < 1.29 is 28.7 Å². The lowest BCUT2D eigenvalue weighted by Crippen LogP contribution is -2.40. The Hall–Kier alpha value is -2.84. The van der Waals surface area contributed by atoms with Crippen LogP contribution in [0.4, 0.5) is 4.79 Å². The Morgan fingerprint density at radius 1 is 1.31 bits per heavy atom. The van der Waals surface area contributed by atoms with Crippen LogP contribution < -0.4 is 14.2 Å². The molecule has 26 heavy (non-hydrogen) atoms. The van der Waals surface area contributed by atoms with Crippen LogP contribution in [0, 0.1) is 0 Å². The van der Waals surface area contributed by atoms with Crippen molar-refractivity contribution in [2.24, 2.45) is 5.10 Å². The standard InChI is InChI=1S/C18H14N2O5S/c1-20(18(21)22)16-10(7-19-20)2-3-11-8-26-17(15(11)16)25-12-4-5-13-14(6-12)24-9-23-13/h4-8H,2-3,9H2,1H3/p+1. The van der Waals surface area contributed by atoms with Crippen molar-refractivity contribution in [1.82, 2.24) is 0 Å². The van der Waals surface area contributed by atoms with E-state index in [0.717, 1.165) is 29.5 Å². The van der Waals surface area contributed by atoms with Crippen LogP contribution in [0.15, 0.2) is 34.3 Å². The molecule has 0 fully saturated rings. The minimum atomic E-state index is -1.01. The summed E-state index contributed by atoms with van der Waals surface area (Å²) in [5, 5.41) is 16.7. The van der Waals surface area contributed by atoms with E-state index in [1.807, 2.05) is 11.4 Å². The fourth-order valence-electron chi connectivity index (χ4n) is 3.49. The third kappa shape index (κ3) is 2.09. The van der Waals surface area contributed by atoms with Gasteiger partial charge in [-0.2, -0.15) is 4.79 Å². The summed E-state index contributed by atoms with van der Waals surface area (Å²) in [5.41, 5.74) is 3.59. The molecule has 2 aliphatic heterocycles. The van der Waals surface area contributed by atoms with E-state index >= 15 is 0 Å². The maximum Gasteiger partial charge on any atom is 0.546 e. The normalized spacial score (nSPS) is 22.3. The summed E-state index contributed by atoms with van der Waals surface area (Å²) in [5.74, 6) is 1.95. The van der Waals surface area contributed by atoms with Gasteiger partial charge >= 0.3 is 6.09 Å². The lowest BCUT2D eigenvalue weighted by atomic mass is 9.92. The second-order valence-corrected chi connectivity index (χ2v) is 7.24. The smallest absolute Gasteiger partial charge is 0.454 e. The van der Waals surface area contributed by atoms with Crippen LogP contribution in [0.25, 0.3) is 5.70 Å². The van der Waals surface area contributed by atoms with Gasteiger partial charge in [0.2, 0.25) is 6.79 Å². The summed E-state index contributed by atoms with van der Waals surface area (Å²) < 4.78 is 16.3. The Morgan fingerprint density at radius 3 is 3.00 bits per heavy atom. The fourth-order valence-corrected chi connectivity index (χ4v) is 4.46. The van der Waals surface area contributed by atoms with E-state index in [1.165, 1.54) is 11.3 Å². The molecule has 2 aromatic rings. The van der Waals surface area contributed by atoms with Crippen molar-refractivity contribution in [3.63, 3.8) is 0 Å². The molecular formula is C18H15N2O5S+. The first-order valence-corrected chi connectivity index (χ1v) is 9.02. The Bertz CT molecular complexity index is 1010. The minimum Gasteiger partial charge on any atom is -0.454 e. The van der Waals surface area contributed by atoms with Gasteiger partial charge in [-0.05, 0) is 35.9 Å². The van der Waals surface area contributed by atoms with Crippen molar-refractivity contribution >= 4 is 29.3 Å². The molecule has 1 aromatic carbocycles. The van der Waals surface area contributed by atoms with Crippen LogP contribution in [-0.2, 0) is 6.42 Å². The predicted octanol–water partition coefficient (Wildman–Crippen LogP) is 4.05. The second-order valence-electron chi connectivity index (χ2n) is 6.40. The molecule has 0 saturated heterocycles. The average Bonchev–Trinajstić information content (AvgIpc) is 3.33. The number of carboxylic acid groups (broad SMARTS) is 1. The number of hydrogen-bond acceptors (Lipinski definition) is 6. The monoisotopic (exact) mass is 371 g/mol. The number of ether oxygens (including phenoxy) is 3. The van der Waals surface area contributed by atoms with Crippen molar-refractivity contribution in [1.29, 1.82) is 0 Å². The van der Waals surface area contributed by atoms with E-state index < -0.39 is 10.7 Å². The molecule has 1 aliphatic carbocycles. The summed E-state index contributed by atoms with van der Waals surface area (Å²) in [7, 11) is 1.58. The number of rotatable bonds is 2. The SMILES string of the molecule is C[N+]1(C(=O)O)N=CC2=C1c1c(csc1Oc1ccc3c(c1)OCO3)CC2. The van der Waals surface area contributed by atoms with E-state index in [0.29, 0.717) is 28.0 Å². The van der Waals surface area contributed by atoms with E-state index in [9.17, 15) is 9.90 Å². The number of amides is 1. The highest BCUT2D eigenvalue weighted by Gasteiger charge is 2.48. The van der Waals surface area contributed by atoms with Crippen molar-refractivity contribution in [2.75, 3.05) is 13.8 Å². The summed E-state index contributed by atoms with van der Waals surface area (Å²) in [4.78, 5) is 11.9. The molecule has 1 aromatic heterocycles. The van der Waals surface area contributed by atoms with E-state index in [-0.39, 0.29) is 6.79 Å². The molecule has 0 radical (unpaired) electrons. The highest BCUT2D eigenvalue weighted by atomic mass is 32.1. The van der Waals surface area contributed by atoms with Gasteiger partial charge in [-0.25, -0.2) is 0 Å². The topological polar surface area (TPSA) is 77.4 Å². The fraction of sp³-hybridized carbons (Fsp3) is 0.222. The first kappa shape index (κ1) is 15.4. The highest BCUT2D eigenvalue weighted by molar-refractivity contribution is 7.12. The average molecular weight is 371 g/mol. The molecule has 1 N–H and O–H groups in total. The van der Waals surface area contributed by atoms with Gasteiger partial charge in [0.15, 0.2) is 22.3 Å². The third-order valence-electron chi connectivity index (χ3n) is 4.85. The minimum absolute atomic E-state index is 0.204. The lowest BCUT2D eigenvalue weighted by Gasteiger charge is -2.24. The summed E-state index contributed by atoms with van der Waals surface area (Å²) >= 11 is 1.47. The van der Waals surface area contributed by atoms with E-state index in [1.54, 1.807) is 25.4 Å². The largest absolute Gasteiger partial charge is 0.546 e. The maximum atomic E-state index is 11.9. The third-order valence-corrected chi connectivity index (χ3v) is 5.75. The maximum absolute atomic E-state index is 11.9. The van der Waals surface area contributed by atoms with E-state index in [2.05, 4.69) is 5.10 Å². The molecule has 3 heterocycles. The number of aryl methyl sites for hydroxylation is 1. The first-order valence-electron chi connectivity index (χ1n) is 8.14. The molecule has 1 unspecified atom stereocenters. The number of nitrogens with zero attached hydrogens (tertiary/aromatic N) is 2. The number of quaternary nitrogens is 1. The number of hydrogen-bond donors (Lipinski definition) is 1. The van der Waals surface area contributed by atoms with Gasteiger partial charge in [-0.3, -0.25) is 0 Å². The molecule has 3 aliphatic rings. The number of carbonyl (C=O) groups is 1. The van der Waals surface area contributed by atoms with Crippen molar-refractivity contribution in [3.05, 3.63) is 40.3 Å². The summed E-state index contributed by atoms with van der Waals surface area (Å²) in [6.07, 6.45) is 2.29. The Morgan fingerprint density at radius 2 is 2.15 bits per heavy atom. The number of benzene rings is 1. The van der Waals surface area contributed by atoms with Crippen molar-refractivity contribution in [3.8, 4) is 22.3 Å². The molecule has 132 valence electrons. The quantitative estimate of drug-likeness (QED) is 0.806. The molecule has 1 atom stereocenters. The molecule has 0 saturated carbocycles. The van der Waals surface area contributed by atoms with Crippen LogP contribution in [0.1, 0.15) is 17.5 Å². The van der Waals surface area contributed by atoms with Gasteiger partial charge in [-0.15, -0.1) is 11.3 Å². The van der Waals surface area contributed by atoms with Gasteiger partial charge in [-0.1, -0.05) is 9.69 Å². The number of thiophene rings is 1. The Kier molecular flexibility index (Phi) is 3.16. The van der Waals surface area contributed by atoms with E-state index in [4.69, 9.17) is 14.2 Å². The highest BCUT2D eigenvalue weighted by Crippen LogP contribution is 2.49. The molecule has 5 rings (SSSR count). The van der Waals surface area contributed by atoms with Crippen LogP contribution in [-0.4, -0.2) is 35.8 Å². The first-order chi connectivity index (χ1) is 12.6. The summed E-state index contributed by atoms with van der Waals surface area (Å²) in [6, 6.07) is 5.40. The van der Waals surface area contributed by atoms with Gasteiger partial charge in [0, 0.05) is 11.6 Å². The molecule has 1 amide bonds. The molecule has 7 nitrogen and oxygen atoms in total. The number of fused-ring (bicyclic) bond motifs is 3. The van der Waals surface area contributed by atoms with Gasteiger partial charge in [0.1, 0.15) is 12.8 Å². The second kappa shape index (κ2) is 5.33. The Balaban J connectivity index is 1.57. The molecule has 8 heteroatoms. The van der Waals surface area contributed by atoms with Crippen LogP contribution in [0.3, 0.4) is 0 Å². The lowest BCUT2D eigenvalue weighted by molar-refractivity contribution is -0.767. The van der Waals surface area contributed by atoms with Crippen LogP contribution in [0.2, 0.25) is 0 Å². The molecular weight excluding hydrogens is 356 g/mol. The zero-order valence-corrected chi connectivity index (χ0v) is 14.7. The molecule has 0 bridgehead atoms. The van der Waals surface area contributed by atoms with Crippen molar-refractivity contribution in [2.45, 2.75) is 12.8 Å². The van der Waals surface area contributed by atoms with Crippen LogP contribution >= 0.6 is 11.3 Å². The van der Waals surface area contributed by atoms with Gasteiger partial charge in [0.25, 0.3) is 0 Å².